The fourth-order valence-corrected chi connectivity index (χ4v) is 7.36. The number of thiazole rings is 1. The van der Waals surface area contributed by atoms with Gasteiger partial charge in [-0.05, 0) is 69.7 Å². The largest absolute Gasteiger partial charge is 0.475 e. The molecule has 1 aromatic carbocycles. The lowest BCUT2D eigenvalue weighted by molar-refractivity contribution is -0.141. The summed E-state index contributed by atoms with van der Waals surface area (Å²) in [4.78, 5) is 48.8. The lowest BCUT2D eigenvalue weighted by Gasteiger charge is -2.39. The van der Waals surface area contributed by atoms with E-state index in [1.54, 1.807) is 22.3 Å². The fourth-order valence-electron chi connectivity index (χ4n) is 6.55. The summed E-state index contributed by atoms with van der Waals surface area (Å²) < 4.78 is 17.3. The van der Waals surface area contributed by atoms with Crippen molar-refractivity contribution in [1.82, 2.24) is 25.3 Å². The molecule has 3 amide bonds. The van der Waals surface area contributed by atoms with Crippen LogP contribution in [0.1, 0.15) is 96.7 Å². The van der Waals surface area contributed by atoms with Crippen molar-refractivity contribution in [2.24, 2.45) is 11.3 Å². The summed E-state index contributed by atoms with van der Waals surface area (Å²) in [6, 6.07) is 8.51. The average Bonchev–Trinajstić information content (AvgIpc) is 3.79. The second-order valence-electron chi connectivity index (χ2n) is 15.4. The number of nitrogens with one attached hydrogen (secondary N) is 1. The monoisotopic (exact) mass is 709 g/mol. The summed E-state index contributed by atoms with van der Waals surface area (Å²) in [6.45, 7) is 16.9. The van der Waals surface area contributed by atoms with Crippen molar-refractivity contribution in [3.05, 3.63) is 52.9 Å². The van der Waals surface area contributed by atoms with Crippen LogP contribution >= 0.6 is 11.3 Å². The molecule has 2 aliphatic rings. The van der Waals surface area contributed by atoms with Gasteiger partial charge < -0.3 is 34.2 Å². The molecule has 2 aliphatic heterocycles. The minimum absolute atomic E-state index is 0.0492. The summed E-state index contributed by atoms with van der Waals surface area (Å²) in [7, 11) is 0. The van der Waals surface area contributed by atoms with Crippen molar-refractivity contribution in [1.29, 1.82) is 0 Å². The van der Waals surface area contributed by atoms with E-state index < -0.39 is 23.7 Å². The topological polar surface area (TPSA) is 147 Å². The minimum atomic E-state index is -0.828. The van der Waals surface area contributed by atoms with Gasteiger partial charge in [0.05, 0.1) is 34.8 Å². The third-order valence-corrected chi connectivity index (χ3v) is 10.6. The average molecular weight is 710 g/mol. The zero-order chi connectivity index (χ0) is 36.4. The maximum atomic E-state index is 14.1. The van der Waals surface area contributed by atoms with Crippen molar-refractivity contribution >= 4 is 29.2 Å². The first-order chi connectivity index (χ1) is 23.5. The quantitative estimate of drug-likeness (QED) is 0.255. The zero-order valence-electron chi connectivity index (χ0n) is 30.4. The Morgan fingerprint density at radius 1 is 1.14 bits per heavy atom. The maximum absolute atomic E-state index is 14.1. The highest BCUT2D eigenvalue weighted by Gasteiger charge is 2.44. The molecule has 272 valence electrons. The molecule has 0 unspecified atom stereocenters. The van der Waals surface area contributed by atoms with E-state index in [-0.39, 0.29) is 54.1 Å². The van der Waals surface area contributed by atoms with Gasteiger partial charge in [-0.3, -0.25) is 9.59 Å². The molecule has 0 saturated carbocycles. The Morgan fingerprint density at radius 2 is 1.82 bits per heavy atom. The summed E-state index contributed by atoms with van der Waals surface area (Å²) in [5.41, 5.74) is 4.07. The molecule has 50 heavy (non-hydrogen) atoms. The van der Waals surface area contributed by atoms with E-state index in [1.807, 2.05) is 78.2 Å². The van der Waals surface area contributed by atoms with E-state index in [4.69, 9.17) is 14.0 Å². The van der Waals surface area contributed by atoms with Gasteiger partial charge in [0.25, 0.3) is 5.88 Å². The SMILES string of the molecule is Cc1ncsc1-c1ccc([C@H](C)NC(=O)[C@@H]2C[C@@H](O)CN2C(=O)[C@H](c2cc(OCC3(C)CCN(C(=O)OC(C)(C)C)CC3)no2)C(C)C)cc1. The van der Waals surface area contributed by atoms with E-state index in [2.05, 4.69) is 22.4 Å². The van der Waals surface area contributed by atoms with Gasteiger partial charge in [-0.1, -0.05) is 45.0 Å². The van der Waals surface area contributed by atoms with Crippen LogP contribution in [0.15, 0.2) is 40.4 Å². The molecule has 2 saturated heterocycles. The van der Waals surface area contributed by atoms with Crippen LogP contribution in [0.2, 0.25) is 0 Å². The molecule has 13 heteroatoms. The normalized spacial score (nSPS) is 20.4. The molecule has 2 fully saturated rings. The Balaban J connectivity index is 1.19. The molecule has 4 heterocycles. The number of nitrogens with zero attached hydrogens (tertiary/aromatic N) is 4. The molecule has 5 rings (SSSR count). The molecule has 0 radical (unpaired) electrons. The second-order valence-corrected chi connectivity index (χ2v) is 16.2. The summed E-state index contributed by atoms with van der Waals surface area (Å²) in [6.07, 6.45) is 0.491. The molecular weight excluding hydrogens is 659 g/mol. The molecule has 2 aromatic heterocycles. The van der Waals surface area contributed by atoms with Crippen LogP contribution in [0.25, 0.3) is 10.4 Å². The standard InChI is InChI=1S/C37H51N5O7S/c1-22(2)31(29-18-30(40-49-29)47-20-37(8)13-15-41(16-14-37)35(46)48-36(5,6)7)34(45)42-19-27(43)17-28(42)33(44)39-23(3)25-9-11-26(12-10-25)32-24(4)38-21-50-32/h9-12,18,21-23,27-28,31,43H,13-17,19-20H2,1-8H3,(H,39,44)/t23-,27+,28-,31-/m0/s1. The van der Waals surface area contributed by atoms with Crippen LogP contribution in [0, 0.1) is 18.3 Å². The number of rotatable bonds is 10. The Hall–Kier alpha value is -3.97. The van der Waals surface area contributed by atoms with Crippen molar-refractivity contribution < 1.29 is 33.5 Å². The number of aliphatic hydroxyl groups is 1. The number of likely N-dealkylation sites (tertiary alicyclic amines) is 2. The number of β-amino-alcohol motifs (C(OH)–C–C–N with tert-alkyl or cyclic N) is 1. The minimum Gasteiger partial charge on any atom is -0.475 e. The number of ether oxygens (including phenoxy) is 2. The Labute approximate surface area is 298 Å². The van der Waals surface area contributed by atoms with Crippen molar-refractivity contribution in [2.75, 3.05) is 26.2 Å². The molecule has 4 atom stereocenters. The van der Waals surface area contributed by atoms with Gasteiger partial charge in [0.2, 0.25) is 11.8 Å². The first-order valence-electron chi connectivity index (χ1n) is 17.4. The van der Waals surface area contributed by atoms with Gasteiger partial charge in [-0.2, -0.15) is 0 Å². The molecule has 12 nitrogen and oxygen atoms in total. The number of aromatic nitrogens is 2. The Kier molecular flexibility index (Phi) is 11.3. The number of hydrogen-bond acceptors (Lipinski definition) is 10. The number of aryl methyl sites for hydroxylation is 1. The van der Waals surface area contributed by atoms with Crippen LogP contribution in [0.4, 0.5) is 4.79 Å². The third kappa shape index (κ3) is 8.84. The van der Waals surface area contributed by atoms with Crippen molar-refractivity contribution in [2.45, 2.75) is 104 Å². The summed E-state index contributed by atoms with van der Waals surface area (Å²) in [5, 5.41) is 17.8. The Morgan fingerprint density at radius 3 is 2.42 bits per heavy atom. The van der Waals surface area contributed by atoms with Crippen LogP contribution in [-0.4, -0.2) is 86.9 Å². The fraction of sp³-hybridized carbons (Fsp3) is 0.595. The van der Waals surface area contributed by atoms with E-state index in [0.29, 0.717) is 25.5 Å². The van der Waals surface area contributed by atoms with Gasteiger partial charge in [-0.15, -0.1) is 11.3 Å². The van der Waals surface area contributed by atoms with Crippen molar-refractivity contribution in [3.8, 4) is 16.3 Å². The summed E-state index contributed by atoms with van der Waals surface area (Å²) in [5.74, 6) is -0.921. The number of aliphatic hydroxyl groups excluding tert-OH is 1. The van der Waals surface area contributed by atoms with E-state index >= 15 is 0 Å². The predicted octanol–water partition coefficient (Wildman–Crippen LogP) is 6.10. The molecule has 0 spiro atoms. The van der Waals surface area contributed by atoms with Crippen molar-refractivity contribution in [3.63, 3.8) is 0 Å². The first kappa shape index (κ1) is 37.3. The van der Waals surface area contributed by atoms with Gasteiger partial charge >= 0.3 is 6.09 Å². The number of hydrogen-bond donors (Lipinski definition) is 2. The number of carbonyl (C=O) groups excluding carboxylic acids is 3. The smallest absolute Gasteiger partial charge is 0.410 e. The predicted molar refractivity (Wildman–Crippen MR) is 190 cm³/mol. The van der Waals surface area contributed by atoms with Gasteiger partial charge in [-0.25, -0.2) is 9.78 Å². The number of amides is 3. The first-order valence-corrected chi connectivity index (χ1v) is 18.3. The van der Waals surface area contributed by atoms with Gasteiger partial charge in [0.1, 0.15) is 17.6 Å². The maximum Gasteiger partial charge on any atom is 0.410 e. The number of benzene rings is 1. The van der Waals surface area contributed by atoms with Crippen LogP contribution in [0.3, 0.4) is 0 Å². The lowest BCUT2D eigenvalue weighted by Crippen LogP contribution is -2.48. The highest BCUT2D eigenvalue weighted by molar-refractivity contribution is 7.13. The molecule has 3 aromatic rings. The number of carbonyl (C=O) groups is 3. The van der Waals surface area contributed by atoms with Crippen LogP contribution < -0.4 is 10.1 Å². The number of piperidine rings is 1. The van der Waals surface area contributed by atoms with E-state index in [9.17, 15) is 19.5 Å². The second kappa shape index (κ2) is 15.1. The van der Waals surface area contributed by atoms with Gasteiger partial charge in [0, 0.05) is 37.5 Å². The highest BCUT2D eigenvalue weighted by atomic mass is 32.1. The highest BCUT2D eigenvalue weighted by Crippen LogP contribution is 2.35. The molecule has 2 N–H and O–H groups in total. The van der Waals surface area contributed by atoms with E-state index in [1.165, 1.54) is 4.90 Å². The van der Waals surface area contributed by atoms with E-state index in [0.717, 1.165) is 34.5 Å². The third-order valence-electron chi connectivity index (χ3n) is 9.58. The van der Waals surface area contributed by atoms with Crippen LogP contribution in [0.5, 0.6) is 5.88 Å². The zero-order valence-corrected chi connectivity index (χ0v) is 31.2. The molecular formula is C37H51N5O7S. The van der Waals surface area contributed by atoms with Gasteiger partial charge in [0.15, 0.2) is 5.76 Å². The molecule has 0 aliphatic carbocycles. The molecule has 0 bridgehead atoms. The van der Waals surface area contributed by atoms with Crippen LogP contribution in [-0.2, 0) is 14.3 Å². The lowest BCUT2D eigenvalue weighted by atomic mass is 9.81. The summed E-state index contributed by atoms with van der Waals surface area (Å²) >= 11 is 1.59. The Bertz CT molecular complexity index is 1640.